The molecule has 0 aliphatic rings. The molecule has 0 saturated carbocycles. The van der Waals surface area contributed by atoms with Crippen molar-refractivity contribution in [3.8, 4) is 0 Å². The Morgan fingerprint density at radius 3 is 2.08 bits per heavy atom. The first-order valence-corrected chi connectivity index (χ1v) is 8.89. The summed E-state index contributed by atoms with van der Waals surface area (Å²) in [5.41, 5.74) is 4.21. The van der Waals surface area contributed by atoms with Crippen LogP contribution in [0.2, 0.25) is 0 Å². The molecule has 1 heterocycles. The Bertz CT molecular complexity index is 624. The Labute approximate surface area is 169 Å². The lowest BCUT2D eigenvalue weighted by atomic mass is 9.99. The highest BCUT2D eigenvalue weighted by atomic mass is 35.5. The van der Waals surface area contributed by atoms with Crippen molar-refractivity contribution in [3.63, 3.8) is 0 Å². The minimum Gasteiger partial charge on any atom is -0.465 e. The lowest BCUT2D eigenvalue weighted by Crippen LogP contribution is -2.26. The number of nitrogens with zero attached hydrogens (tertiary/aromatic N) is 1. The van der Waals surface area contributed by atoms with E-state index in [9.17, 15) is 14.4 Å². The van der Waals surface area contributed by atoms with Crippen molar-refractivity contribution in [2.24, 2.45) is 5.73 Å². The number of rotatable bonds is 5. The van der Waals surface area contributed by atoms with Crippen molar-refractivity contribution in [3.05, 3.63) is 9.88 Å². The number of thiazole rings is 1. The fraction of sp³-hybridized carbons (Fsp3) is 0.500. The number of aryl methyl sites for hydroxylation is 1. The zero-order chi connectivity index (χ0) is 20.9. The third-order valence-electron chi connectivity index (χ3n) is 1.96. The van der Waals surface area contributed by atoms with Crippen molar-refractivity contribution in [2.75, 3.05) is 13.2 Å². The summed E-state index contributed by atoms with van der Waals surface area (Å²) in [7, 11) is 10.2. The largest absolute Gasteiger partial charge is 0.465 e. The molecule has 7 nitrogen and oxygen atoms in total. The molecule has 0 amide bonds. The van der Waals surface area contributed by atoms with Crippen LogP contribution in [0.3, 0.4) is 0 Å². The molecule has 0 fully saturated rings. The number of carbonyl (C=O) groups is 3. The van der Waals surface area contributed by atoms with Crippen LogP contribution >= 0.6 is 35.2 Å². The van der Waals surface area contributed by atoms with E-state index in [4.69, 9.17) is 37.8 Å². The molecule has 0 aliphatic carbocycles. The molecule has 0 aliphatic heterocycles. The van der Waals surface area contributed by atoms with E-state index in [-0.39, 0.29) is 18.2 Å². The summed E-state index contributed by atoms with van der Waals surface area (Å²) in [5.74, 6) is -1.18. The molecule has 0 bridgehead atoms. The van der Waals surface area contributed by atoms with E-state index in [1.807, 2.05) is 0 Å². The topological polar surface area (TPSA) is 109 Å². The van der Waals surface area contributed by atoms with Crippen LogP contribution in [-0.2, 0) is 19.1 Å². The average molecular weight is 417 g/mol. The van der Waals surface area contributed by atoms with E-state index in [1.165, 1.54) is 11.3 Å². The van der Waals surface area contributed by atoms with E-state index in [0.29, 0.717) is 16.5 Å². The van der Waals surface area contributed by atoms with Gasteiger partial charge in [-0.2, -0.15) is 0 Å². The van der Waals surface area contributed by atoms with Crippen LogP contribution in [0.5, 0.6) is 0 Å². The molecule has 1 atom stereocenters. The van der Waals surface area contributed by atoms with E-state index < -0.39 is 17.0 Å². The minimum atomic E-state index is -1.36. The van der Waals surface area contributed by atoms with E-state index in [2.05, 4.69) is 21.9 Å². The average Bonchev–Trinajstić information content (AvgIpc) is 2.85. The van der Waals surface area contributed by atoms with Crippen molar-refractivity contribution in [1.82, 2.24) is 4.98 Å². The molecule has 1 aromatic rings. The molecule has 0 aromatic carbocycles. The second-order valence-corrected chi connectivity index (χ2v) is 6.58. The predicted octanol–water partition coefficient (Wildman–Crippen LogP) is 0.566. The van der Waals surface area contributed by atoms with Gasteiger partial charge in [0.25, 0.3) is 0 Å². The molecule has 26 heavy (non-hydrogen) atoms. The number of esters is 2. The predicted molar refractivity (Wildman–Crippen MR) is 108 cm³/mol. The Morgan fingerprint density at radius 1 is 1.31 bits per heavy atom. The number of ether oxygens (including phenoxy) is 2. The standard InChI is InChI=1S/C7H8BNO2S.C5H6BClO3.C2H5NS/c1-3-11-7(10)5-6(8)9-4(2)12-5;1-2-10-5(9)3(7)4(6)8;1-2(3)4/h3H2,1-2H3;3H,2H2,1H3;1H3,(H2,3,4). The number of thiocarbonyl (C=S) groups is 1. The molecule has 1 unspecified atom stereocenters. The van der Waals surface area contributed by atoms with Crippen LogP contribution < -0.4 is 11.3 Å². The minimum absolute atomic E-state index is 0.190. The second-order valence-electron chi connectivity index (χ2n) is 4.30. The van der Waals surface area contributed by atoms with Gasteiger partial charge < -0.3 is 20.0 Å². The maximum atomic E-state index is 11.1. The van der Waals surface area contributed by atoms with Gasteiger partial charge in [-0.25, -0.2) is 4.79 Å². The SMILES string of the molecule is CC(N)=S.[B]C(=O)C(Cl)C(=O)OCC.[B]c1nc(C)sc1C(=O)OCC. The highest BCUT2D eigenvalue weighted by molar-refractivity contribution is 7.80. The fourth-order valence-electron chi connectivity index (χ4n) is 1.12. The van der Waals surface area contributed by atoms with Crippen molar-refractivity contribution in [1.29, 1.82) is 0 Å². The fourth-order valence-corrected chi connectivity index (χ4v) is 1.91. The van der Waals surface area contributed by atoms with Gasteiger partial charge in [-0.05, 0) is 27.7 Å². The monoisotopic (exact) mass is 416 g/mol. The van der Waals surface area contributed by atoms with Gasteiger partial charge in [0, 0.05) is 5.59 Å². The molecule has 140 valence electrons. The van der Waals surface area contributed by atoms with Gasteiger partial charge >= 0.3 is 11.9 Å². The number of hydrogen-bond acceptors (Lipinski definition) is 8. The zero-order valence-electron chi connectivity index (χ0n) is 14.9. The molecule has 2 N–H and O–H groups in total. The second kappa shape index (κ2) is 14.7. The molecule has 1 rings (SSSR count). The maximum absolute atomic E-state index is 11.1. The van der Waals surface area contributed by atoms with Gasteiger partial charge in [-0.15, -0.1) is 22.9 Å². The maximum Gasteiger partial charge on any atom is 0.349 e. The van der Waals surface area contributed by atoms with Gasteiger partial charge in [-0.1, -0.05) is 12.2 Å². The molecule has 0 saturated heterocycles. The van der Waals surface area contributed by atoms with Crippen LogP contribution in [0.1, 0.15) is 35.5 Å². The van der Waals surface area contributed by atoms with Gasteiger partial charge in [0.05, 0.1) is 23.2 Å². The third kappa shape index (κ3) is 12.8. The van der Waals surface area contributed by atoms with E-state index in [0.717, 1.165) is 5.01 Å². The summed E-state index contributed by atoms with van der Waals surface area (Å²) >= 11 is 10.8. The van der Waals surface area contributed by atoms with Crippen molar-refractivity contribution in [2.45, 2.75) is 33.1 Å². The first-order chi connectivity index (χ1) is 12.0. The molecular formula is C14H19B2ClN2O5S2. The summed E-state index contributed by atoms with van der Waals surface area (Å²) in [4.78, 5) is 36.7. The summed E-state index contributed by atoms with van der Waals surface area (Å²) in [5, 5.41) is -0.587. The Kier molecular flexibility index (Phi) is 15.1. The molecule has 12 heteroatoms. The number of carbonyl (C=O) groups excluding carboxylic acids is 3. The first kappa shape index (κ1) is 26.8. The Hall–Kier alpha value is -1.45. The molecule has 4 radical (unpaired) electrons. The number of hydrogen-bond donors (Lipinski definition) is 1. The van der Waals surface area contributed by atoms with Gasteiger partial charge in [0.1, 0.15) is 18.4 Å². The van der Waals surface area contributed by atoms with Crippen LogP contribution in [-0.4, -0.2) is 61.9 Å². The van der Waals surface area contributed by atoms with E-state index in [1.54, 1.807) is 27.7 Å². The molecule has 0 spiro atoms. The van der Waals surface area contributed by atoms with E-state index >= 15 is 0 Å². The summed E-state index contributed by atoms with van der Waals surface area (Å²) in [6.07, 6.45) is 0. The first-order valence-electron chi connectivity index (χ1n) is 7.23. The Morgan fingerprint density at radius 2 is 1.77 bits per heavy atom. The zero-order valence-corrected chi connectivity index (χ0v) is 17.3. The summed E-state index contributed by atoms with van der Waals surface area (Å²) in [6, 6.07) is 0. The number of halogens is 1. The van der Waals surface area contributed by atoms with Crippen LogP contribution in [0, 0.1) is 6.92 Å². The third-order valence-corrected chi connectivity index (χ3v) is 3.32. The van der Waals surface area contributed by atoms with Crippen LogP contribution in [0.25, 0.3) is 0 Å². The molecular weight excluding hydrogens is 397 g/mol. The van der Waals surface area contributed by atoms with Gasteiger partial charge in [0.2, 0.25) is 0 Å². The van der Waals surface area contributed by atoms with Crippen LogP contribution in [0.4, 0.5) is 0 Å². The Balaban J connectivity index is 0. The van der Waals surface area contributed by atoms with Crippen molar-refractivity contribution >= 4 is 79.1 Å². The highest BCUT2D eigenvalue weighted by Crippen LogP contribution is 2.09. The highest BCUT2D eigenvalue weighted by Gasteiger charge is 2.20. The number of nitrogens with two attached hydrogens (primary N) is 1. The summed E-state index contributed by atoms with van der Waals surface area (Å²) < 4.78 is 9.17. The van der Waals surface area contributed by atoms with Gasteiger partial charge in [0.15, 0.2) is 13.2 Å². The molecule has 1 aromatic heterocycles. The lowest BCUT2D eigenvalue weighted by molar-refractivity contribution is -0.143. The number of alkyl halides is 1. The van der Waals surface area contributed by atoms with Crippen molar-refractivity contribution < 1.29 is 23.9 Å². The summed E-state index contributed by atoms with van der Waals surface area (Å²) in [6.45, 7) is 7.38. The number of aromatic nitrogens is 1. The smallest absolute Gasteiger partial charge is 0.349 e. The van der Waals surface area contributed by atoms with Crippen LogP contribution in [0.15, 0.2) is 0 Å². The normalized spacial score (nSPS) is 10.2. The lowest BCUT2D eigenvalue weighted by Gasteiger charge is -2.03. The van der Waals surface area contributed by atoms with Gasteiger partial charge in [-0.3, -0.25) is 9.78 Å². The quantitative estimate of drug-likeness (QED) is 0.244.